The SMILES string of the molecule is NC(=O)n1cccc1. The van der Waals surface area contributed by atoms with Crippen LogP contribution in [-0.4, -0.2) is 10.6 Å². The first-order valence-electron chi connectivity index (χ1n) is 2.23. The third-order valence-corrected chi connectivity index (χ3v) is 0.859. The molecule has 1 heterocycles. The highest BCUT2D eigenvalue weighted by atomic mass is 16.2. The second-order valence-corrected chi connectivity index (χ2v) is 1.43. The van der Waals surface area contributed by atoms with Gasteiger partial charge in [-0.15, -0.1) is 0 Å². The third-order valence-electron chi connectivity index (χ3n) is 0.859. The predicted molar refractivity (Wildman–Crippen MR) is 29.4 cm³/mol. The molecule has 0 unspecified atom stereocenters. The number of nitrogens with zero attached hydrogens (tertiary/aromatic N) is 1. The van der Waals surface area contributed by atoms with Gasteiger partial charge in [0.15, 0.2) is 0 Å². The first kappa shape index (κ1) is 4.90. The smallest absolute Gasteiger partial charge is 0.322 e. The van der Waals surface area contributed by atoms with E-state index in [0.29, 0.717) is 0 Å². The molecule has 1 aromatic heterocycles. The van der Waals surface area contributed by atoms with Crippen molar-refractivity contribution < 1.29 is 4.79 Å². The van der Waals surface area contributed by atoms with Crippen molar-refractivity contribution in [3.8, 4) is 0 Å². The zero-order valence-electron chi connectivity index (χ0n) is 4.24. The maximum Gasteiger partial charge on any atom is 0.322 e. The molecule has 0 aliphatic carbocycles. The van der Waals surface area contributed by atoms with Crippen LogP contribution in [0.5, 0.6) is 0 Å². The Bertz CT molecular complexity index is 178. The van der Waals surface area contributed by atoms with Crippen LogP contribution >= 0.6 is 0 Å². The fraction of sp³-hybridized carbons (Fsp3) is 0. The Hall–Kier alpha value is -1.25. The number of amides is 1. The van der Waals surface area contributed by atoms with Crippen molar-refractivity contribution in [2.24, 2.45) is 5.73 Å². The molecule has 0 aliphatic heterocycles. The Morgan fingerprint density at radius 1 is 1.38 bits per heavy atom. The zero-order valence-corrected chi connectivity index (χ0v) is 4.24. The molecule has 3 heteroatoms. The van der Waals surface area contributed by atoms with Crippen LogP contribution in [0.15, 0.2) is 24.5 Å². The summed E-state index contributed by atoms with van der Waals surface area (Å²) in [7, 11) is 0. The quantitative estimate of drug-likeness (QED) is 0.516. The number of primary amides is 1. The van der Waals surface area contributed by atoms with Gasteiger partial charge in [0.25, 0.3) is 0 Å². The summed E-state index contributed by atoms with van der Waals surface area (Å²) in [6.45, 7) is 0. The van der Waals surface area contributed by atoms with Crippen LogP contribution < -0.4 is 5.73 Å². The van der Waals surface area contributed by atoms with Gasteiger partial charge in [-0.3, -0.25) is 4.57 Å². The van der Waals surface area contributed by atoms with Gasteiger partial charge in [0.05, 0.1) is 0 Å². The summed E-state index contributed by atoms with van der Waals surface area (Å²) in [5, 5.41) is 0. The van der Waals surface area contributed by atoms with E-state index in [1.807, 2.05) is 0 Å². The van der Waals surface area contributed by atoms with E-state index in [1.165, 1.54) is 4.57 Å². The van der Waals surface area contributed by atoms with Crippen LogP contribution in [0.4, 0.5) is 4.79 Å². The van der Waals surface area contributed by atoms with Gasteiger partial charge in [-0.05, 0) is 12.1 Å². The molecule has 0 aliphatic rings. The maximum atomic E-state index is 10.2. The molecule has 0 saturated carbocycles. The summed E-state index contributed by atoms with van der Waals surface area (Å²) in [5.41, 5.74) is 4.88. The van der Waals surface area contributed by atoms with Crippen LogP contribution in [-0.2, 0) is 0 Å². The fourth-order valence-corrected chi connectivity index (χ4v) is 0.481. The van der Waals surface area contributed by atoms with E-state index in [2.05, 4.69) is 0 Å². The van der Waals surface area contributed by atoms with E-state index in [0.717, 1.165) is 0 Å². The molecule has 1 rings (SSSR count). The minimum atomic E-state index is -0.449. The number of carbonyl (C=O) groups is 1. The van der Waals surface area contributed by atoms with E-state index in [1.54, 1.807) is 24.5 Å². The van der Waals surface area contributed by atoms with E-state index in [9.17, 15) is 4.79 Å². The van der Waals surface area contributed by atoms with Crippen molar-refractivity contribution >= 4 is 6.03 Å². The summed E-state index contributed by atoms with van der Waals surface area (Å²) < 4.78 is 1.31. The Balaban J connectivity index is 2.93. The molecular weight excluding hydrogens is 104 g/mol. The number of aromatic nitrogens is 1. The van der Waals surface area contributed by atoms with Gasteiger partial charge in [0.2, 0.25) is 0 Å². The van der Waals surface area contributed by atoms with Crippen LogP contribution in [0, 0.1) is 0 Å². The number of hydrogen-bond donors (Lipinski definition) is 1. The Morgan fingerprint density at radius 2 is 1.88 bits per heavy atom. The average molecular weight is 110 g/mol. The summed E-state index contributed by atoms with van der Waals surface area (Å²) in [5.74, 6) is 0. The van der Waals surface area contributed by atoms with Gasteiger partial charge >= 0.3 is 6.03 Å². The second-order valence-electron chi connectivity index (χ2n) is 1.43. The van der Waals surface area contributed by atoms with Gasteiger partial charge in [-0.1, -0.05) is 0 Å². The molecule has 1 amide bonds. The highest BCUT2D eigenvalue weighted by molar-refractivity contribution is 5.74. The first-order chi connectivity index (χ1) is 3.80. The van der Waals surface area contributed by atoms with Gasteiger partial charge in [-0.2, -0.15) is 0 Å². The molecule has 2 N–H and O–H groups in total. The second kappa shape index (κ2) is 1.69. The molecule has 1 aromatic rings. The maximum absolute atomic E-state index is 10.2. The molecule has 0 fully saturated rings. The summed E-state index contributed by atoms with van der Waals surface area (Å²) in [6.07, 6.45) is 3.20. The standard InChI is InChI=1S/C5H6N2O/c6-5(8)7-3-1-2-4-7/h1-4H,(H2,6,8). The lowest BCUT2D eigenvalue weighted by atomic mass is 10.7. The van der Waals surface area contributed by atoms with Crippen molar-refractivity contribution in [3.05, 3.63) is 24.5 Å². The predicted octanol–water partition coefficient (Wildman–Crippen LogP) is 0.415. The van der Waals surface area contributed by atoms with Crippen molar-refractivity contribution in [3.63, 3.8) is 0 Å². The van der Waals surface area contributed by atoms with E-state index < -0.39 is 6.03 Å². The van der Waals surface area contributed by atoms with Crippen LogP contribution in [0.1, 0.15) is 0 Å². The van der Waals surface area contributed by atoms with E-state index in [-0.39, 0.29) is 0 Å². The lowest BCUT2D eigenvalue weighted by Gasteiger charge is -1.88. The largest absolute Gasteiger partial charge is 0.351 e. The van der Waals surface area contributed by atoms with Gasteiger partial charge in [-0.25, -0.2) is 4.79 Å². The Morgan fingerprint density at radius 3 is 2.12 bits per heavy atom. The molecule has 0 atom stereocenters. The lowest BCUT2D eigenvalue weighted by molar-refractivity contribution is 0.250. The summed E-state index contributed by atoms with van der Waals surface area (Å²) >= 11 is 0. The summed E-state index contributed by atoms with van der Waals surface area (Å²) in [4.78, 5) is 10.2. The van der Waals surface area contributed by atoms with Crippen LogP contribution in [0.3, 0.4) is 0 Å². The normalized spacial score (nSPS) is 9.00. The minimum absolute atomic E-state index is 0.449. The van der Waals surface area contributed by atoms with E-state index in [4.69, 9.17) is 5.73 Å². The molecule has 8 heavy (non-hydrogen) atoms. The molecule has 0 aromatic carbocycles. The Kier molecular flexibility index (Phi) is 1.04. The van der Waals surface area contributed by atoms with Crippen LogP contribution in [0.2, 0.25) is 0 Å². The first-order valence-corrected chi connectivity index (χ1v) is 2.23. The molecule has 0 radical (unpaired) electrons. The molecule has 0 bridgehead atoms. The van der Waals surface area contributed by atoms with Crippen LogP contribution in [0.25, 0.3) is 0 Å². The van der Waals surface area contributed by atoms with Crippen molar-refractivity contribution in [2.45, 2.75) is 0 Å². The minimum Gasteiger partial charge on any atom is -0.351 e. The highest BCUT2D eigenvalue weighted by Crippen LogP contribution is 1.85. The topological polar surface area (TPSA) is 48.0 Å². The number of hydrogen-bond acceptors (Lipinski definition) is 1. The van der Waals surface area contributed by atoms with Crippen molar-refractivity contribution in [1.29, 1.82) is 0 Å². The molecule has 0 saturated heterocycles. The number of rotatable bonds is 0. The van der Waals surface area contributed by atoms with Gasteiger partial charge < -0.3 is 5.73 Å². The molecule has 3 nitrogen and oxygen atoms in total. The highest BCUT2D eigenvalue weighted by Gasteiger charge is 1.89. The number of nitrogens with two attached hydrogens (primary N) is 1. The summed E-state index contributed by atoms with van der Waals surface area (Å²) in [6, 6.07) is 3.03. The molecular formula is C5H6N2O. The monoisotopic (exact) mass is 110 g/mol. The Labute approximate surface area is 46.7 Å². The fourth-order valence-electron chi connectivity index (χ4n) is 0.481. The third kappa shape index (κ3) is 0.703. The molecule has 0 spiro atoms. The van der Waals surface area contributed by atoms with Gasteiger partial charge in [0.1, 0.15) is 0 Å². The average Bonchev–Trinajstić information content (AvgIpc) is 2.12. The van der Waals surface area contributed by atoms with Crippen molar-refractivity contribution in [2.75, 3.05) is 0 Å². The van der Waals surface area contributed by atoms with Crippen molar-refractivity contribution in [1.82, 2.24) is 4.57 Å². The van der Waals surface area contributed by atoms with Gasteiger partial charge in [0, 0.05) is 12.4 Å². The lowest BCUT2D eigenvalue weighted by Crippen LogP contribution is -2.16. The number of carbonyl (C=O) groups excluding carboxylic acids is 1. The zero-order chi connectivity index (χ0) is 5.98. The molecule has 42 valence electrons. The van der Waals surface area contributed by atoms with E-state index >= 15 is 0 Å².